The number of amides is 1. The predicted molar refractivity (Wildman–Crippen MR) is 61.2 cm³/mol. The van der Waals surface area contributed by atoms with Gasteiger partial charge < -0.3 is 10.2 Å². The van der Waals surface area contributed by atoms with E-state index >= 15 is 0 Å². The molecule has 3 rings (SSSR count). The predicted octanol–water partition coefficient (Wildman–Crippen LogP) is -0.341. The van der Waals surface area contributed by atoms with Gasteiger partial charge in [0, 0.05) is 19.1 Å². The molecule has 3 atom stereocenters. The third-order valence-electron chi connectivity index (χ3n) is 3.87. The van der Waals surface area contributed by atoms with Gasteiger partial charge in [-0.25, -0.2) is 9.67 Å². The number of carbonyl (C=O) groups excluding carboxylic acids is 1. The largest absolute Gasteiger partial charge is 0.339 e. The first-order valence-electron chi connectivity index (χ1n) is 6.12. The van der Waals surface area contributed by atoms with Crippen LogP contribution in [0.3, 0.4) is 0 Å². The van der Waals surface area contributed by atoms with Crippen LogP contribution in [-0.4, -0.2) is 51.2 Å². The van der Waals surface area contributed by atoms with Crippen LogP contribution >= 0.6 is 0 Å². The Morgan fingerprint density at radius 1 is 1.53 bits per heavy atom. The Bertz CT molecular complexity index is 392. The van der Waals surface area contributed by atoms with Gasteiger partial charge in [-0.15, -0.1) is 0 Å². The van der Waals surface area contributed by atoms with Crippen LogP contribution in [0.5, 0.6) is 0 Å². The van der Waals surface area contributed by atoms with Crippen molar-refractivity contribution in [2.24, 2.45) is 5.92 Å². The van der Waals surface area contributed by atoms with Gasteiger partial charge in [-0.05, 0) is 25.8 Å². The lowest BCUT2D eigenvalue weighted by Gasteiger charge is -2.21. The Labute approximate surface area is 100 Å². The summed E-state index contributed by atoms with van der Waals surface area (Å²) in [6, 6.07) is 0.248. The van der Waals surface area contributed by atoms with Crippen molar-refractivity contribution >= 4 is 5.91 Å². The van der Waals surface area contributed by atoms with Gasteiger partial charge in [0.25, 0.3) is 0 Å². The van der Waals surface area contributed by atoms with Crippen molar-refractivity contribution < 1.29 is 4.79 Å². The van der Waals surface area contributed by atoms with Crippen LogP contribution in [0.25, 0.3) is 0 Å². The summed E-state index contributed by atoms with van der Waals surface area (Å²) in [6.45, 7) is 4.69. The van der Waals surface area contributed by atoms with Crippen LogP contribution < -0.4 is 5.32 Å². The van der Waals surface area contributed by atoms with E-state index in [1.807, 2.05) is 11.8 Å². The average molecular weight is 235 g/mol. The van der Waals surface area contributed by atoms with E-state index in [0.29, 0.717) is 12.0 Å². The Kier molecular flexibility index (Phi) is 2.58. The van der Waals surface area contributed by atoms with E-state index in [0.717, 1.165) is 19.6 Å². The van der Waals surface area contributed by atoms with Gasteiger partial charge in [-0.2, -0.15) is 5.10 Å². The summed E-state index contributed by atoms with van der Waals surface area (Å²) in [5.41, 5.74) is 0. The van der Waals surface area contributed by atoms with Gasteiger partial charge in [-0.3, -0.25) is 4.79 Å². The molecule has 1 N–H and O–H groups in total. The van der Waals surface area contributed by atoms with Crippen LogP contribution in [0.4, 0.5) is 0 Å². The second-order valence-corrected chi connectivity index (χ2v) is 4.90. The fourth-order valence-electron chi connectivity index (χ4n) is 2.82. The molecule has 0 radical (unpaired) electrons. The first-order valence-corrected chi connectivity index (χ1v) is 6.12. The third kappa shape index (κ3) is 1.82. The second kappa shape index (κ2) is 4.10. The molecule has 1 unspecified atom stereocenters. The van der Waals surface area contributed by atoms with Crippen molar-refractivity contribution in [3.8, 4) is 0 Å². The number of hydrogen-bond donors (Lipinski definition) is 1. The zero-order valence-electron chi connectivity index (χ0n) is 9.91. The zero-order valence-corrected chi connectivity index (χ0v) is 9.91. The highest BCUT2D eigenvalue weighted by molar-refractivity contribution is 5.80. The molecule has 0 aliphatic carbocycles. The number of nitrogens with one attached hydrogen (secondary N) is 1. The molecule has 2 fully saturated rings. The average Bonchev–Trinajstić information content (AvgIpc) is 3.01. The molecule has 92 valence electrons. The summed E-state index contributed by atoms with van der Waals surface area (Å²) in [6.07, 6.45) is 4.24. The number of likely N-dealkylation sites (tertiary alicyclic amines) is 1. The number of hydrogen-bond acceptors (Lipinski definition) is 4. The van der Waals surface area contributed by atoms with Gasteiger partial charge in [0.05, 0.1) is 0 Å². The third-order valence-corrected chi connectivity index (χ3v) is 3.87. The Morgan fingerprint density at radius 2 is 2.41 bits per heavy atom. The minimum absolute atomic E-state index is 0.145. The highest BCUT2D eigenvalue weighted by Crippen LogP contribution is 2.26. The van der Waals surface area contributed by atoms with E-state index in [4.69, 9.17) is 0 Å². The summed E-state index contributed by atoms with van der Waals surface area (Å²) < 4.78 is 1.61. The minimum atomic E-state index is -0.253. The SMILES string of the molecule is CC(C(=O)N1C[C@H]2CCN[C@H]2C1)n1cncn1. The van der Waals surface area contributed by atoms with Crippen LogP contribution in [-0.2, 0) is 4.79 Å². The number of aromatic nitrogens is 3. The molecule has 1 aromatic rings. The van der Waals surface area contributed by atoms with Crippen LogP contribution in [0.2, 0.25) is 0 Å². The number of nitrogens with zero attached hydrogens (tertiary/aromatic N) is 4. The summed E-state index contributed by atoms with van der Waals surface area (Å²) in [4.78, 5) is 18.1. The Hall–Kier alpha value is -1.43. The molecule has 0 saturated carbocycles. The first-order chi connectivity index (χ1) is 8.25. The summed E-state index contributed by atoms with van der Waals surface area (Å²) in [5.74, 6) is 0.786. The molecular formula is C11H17N5O. The first kappa shape index (κ1) is 10.7. The number of rotatable bonds is 2. The maximum absolute atomic E-state index is 12.3. The fraction of sp³-hybridized carbons (Fsp3) is 0.727. The summed E-state index contributed by atoms with van der Waals surface area (Å²) >= 11 is 0. The monoisotopic (exact) mass is 235 g/mol. The van der Waals surface area contributed by atoms with Crippen molar-refractivity contribution in [1.82, 2.24) is 25.0 Å². The molecule has 0 bridgehead atoms. The van der Waals surface area contributed by atoms with Crippen molar-refractivity contribution in [2.45, 2.75) is 25.4 Å². The van der Waals surface area contributed by atoms with Crippen molar-refractivity contribution in [3.05, 3.63) is 12.7 Å². The lowest BCUT2D eigenvalue weighted by atomic mass is 10.1. The molecule has 6 nitrogen and oxygen atoms in total. The molecule has 0 spiro atoms. The molecule has 2 aliphatic rings. The molecule has 2 aliphatic heterocycles. The van der Waals surface area contributed by atoms with Crippen molar-refractivity contribution in [1.29, 1.82) is 0 Å². The highest BCUT2D eigenvalue weighted by atomic mass is 16.2. The smallest absolute Gasteiger partial charge is 0.247 e. The van der Waals surface area contributed by atoms with E-state index in [9.17, 15) is 4.79 Å². The standard InChI is InChI=1S/C11H17N5O/c1-8(16-7-12-6-14-16)11(17)15-4-9-2-3-13-10(9)5-15/h6-10,13H,2-5H2,1H3/t8?,9-,10+/m1/s1. The molecule has 0 aromatic carbocycles. The maximum Gasteiger partial charge on any atom is 0.247 e. The number of fused-ring (bicyclic) bond motifs is 1. The quantitative estimate of drug-likeness (QED) is 0.761. The number of carbonyl (C=O) groups is 1. The van der Waals surface area contributed by atoms with Gasteiger partial charge in [0.2, 0.25) is 5.91 Å². The van der Waals surface area contributed by atoms with Gasteiger partial charge in [0.1, 0.15) is 18.7 Å². The summed E-state index contributed by atoms with van der Waals surface area (Å²) in [7, 11) is 0. The van der Waals surface area contributed by atoms with Crippen molar-refractivity contribution in [2.75, 3.05) is 19.6 Å². The second-order valence-electron chi connectivity index (χ2n) is 4.90. The molecule has 6 heteroatoms. The van der Waals surface area contributed by atoms with E-state index in [1.165, 1.54) is 12.7 Å². The highest BCUT2D eigenvalue weighted by Gasteiger charge is 2.39. The van der Waals surface area contributed by atoms with E-state index in [1.54, 1.807) is 11.0 Å². The summed E-state index contributed by atoms with van der Waals surface area (Å²) in [5, 5.41) is 7.47. The van der Waals surface area contributed by atoms with Gasteiger partial charge >= 0.3 is 0 Å². The normalized spacial score (nSPS) is 29.4. The van der Waals surface area contributed by atoms with Crippen LogP contribution in [0.1, 0.15) is 19.4 Å². The van der Waals surface area contributed by atoms with Crippen LogP contribution in [0, 0.1) is 5.92 Å². The van der Waals surface area contributed by atoms with E-state index in [-0.39, 0.29) is 11.9 Å². The lowest BCUT2D eigenvalue weighted by molar-refractivity contribution is -0.133. The maximum atomic E-state index is 12.3. The zero-order chi connectivity index (χ0) is 11.8. The van der Waals surface area contributed by atoms with E-state index in [2.05, 4.69) is 15.4 Å². The topological polar surface area (TPSA) is 63.1 Å². The Morgan fingerprint density at radius 3 is 3.12 bits per heavy atom. The van der Waals surface area contributed by atoms with Crippen LogP contribution in [0.15, 0.2) is 12.7 Å². The molecule has 1 aromatic heterocycles. The molecule has 1 amide bonds. The van der Waals surface area contributed by atoms with Gasteiger partial charge in [0.15, 0.2) is 0 Å². The fourth-order valence-corrected chi connectivity index (χ4v) is 2.82. The lowest BCUT2D eigenvalue weighted by Crippen LogP contribution is -2.37. The molecule has 3 heterocycles. The van der Waals surface area contributed by atoms with Gasteiger partial charge in [-0.1, -0.05) is 0 Å². The van der Waals surface area contributed by atoms with Crippen molar-refractivity contribution in [3.63, 3.8) is 0 Å². The molecule has 2 saturated heterocycles. The molecular weight excluding hydrogens is 218 g/mol. The molecule has 17 heavy (non-hydrogen) atoms. The minimum Gasteiger partial charge on any atom is -0.339 e. The van der Waals surface area contributed by atoms with E-state index < -0.39 is 0 Å². The Balaban J connectivity index is 1.67.